The summed E-state index contributed by atoms with van der Waals surface area (Å²) in [6.45, 7) is 4.19. The number of hydrogen-bond acceptors (Lipinski definition) is 2. The van der Waals surface area contributed by atoms with E-state index in [0.717, 1.165) is 36.1 Å². The Bertz CT molecular complexity index is 423. The molecule has 2 heteroatoms. The normalized spacial score (nSPS) is 23.3. The summed E-state index contributed by atoms with van der Waals surface area (Å²) in [7, 11) is 1.66. The molecule has 0 saturated heterocycles. The molecular weight excluding hydrogens is 200 g/mol. The van der Waals surface area contributed by atoms with Crippen LogP contribution in [0.1, 0.15) is 42.6 Å². The van der Waals surface area contributed by atoms with Gasteiger partial charge in [-0.05, 0) is 18.9 Å². The highest BCUT2D eigenvalue weighted by Crippen LogP contribution is 2.43. The van der Waals surface area contributed by atoms with Crippen molar-refractivity contribution in [2.45, 2.75) is 33.1 Å². The number of ketones is 1. The zero-order chi connectivity index (χ0) is 11.8. The third kappa shape index (κ3) is 1.53. The van der Waals surface area contributed by atoms with E-state index < -0.39 is 0 Å². The molecule has 0 unspecified atom stereocenters. The molecule has 1 atom stereocenters. The zero-order valence-corrected chi connectivity index (χ0v) is 10.2. The monoisotopic (exact) mass is 218 g/mol. The van der Waals surface area contributed by atoms with Gasteiger partial charge in [-0.15, -0.1) is 0 Å². The van der Waals surface area contributed by atoms with Gasteiger partial charge < -0.3 is 4.74 Å². The van der Waals surface area contributed by atoms with E-state index in [2.05, 4.69) is 13.8 Å². The number of hydrogen-bond donors (Lipinski definition) is 0. The molecule has 2 nitrogen and oxygen atoms in total. The summed E-state index contributed by atoms with van der Waals surface area (Å²) in [5.74, 6) is 1.13. The van der Waals surface area contributed by atoms with Gasteiger partial charge in [0.15, 0.2) is 5.78 Å². The van der Waals surface area contributed by atoms with Crippen LogP contribution in [0.3, 0.4) is 0 Å². The Hall–Kier alpha value is -1.31. The second-order valence-corrected chi connectivity index (χ2v) is 4.80. The summed E-state index contributed by atoms with van der Waals surface area (Å²) in [4.78, 5) is 12.3. The van der Waals surface area contributed by atoms with Crippen LogP contribution in [0.4, 0.5) is 0 Å². The molecule has 2 rings (SSSR count). The smallest absolute Gasteiger partial charge is 0.169 e. The van der Waals surface area contributed by atoms with Gasteiger partial charge in [0, 0.05) is 16.5 Å². The molecule has 0 amide bonds. The maximum absolute atomic E-state index is 12.3. The predicted molar refractivity (Wildman–Crippen MR) is 64.0 cm³/mol. The maximum Gasteiger partial charge on any atom is 0.169 e. The summed E-state index contributed by atoms with van der Waals surface area (Å²) in [6.07, 6.45) is 2.81. The van der Waals surface area contributed by atoms with Gasteiger partial charge >= 0.3 is 0 Å². The minimum atomic E-state index is -0.217. The van der Waals surface area contributed by atoms with Gasteiger partial charge in [0.25, 0.3) is 0 Å². The molecule has 0 saturated carbocycles. The van der Waals surface area contributed by atoms with E-state index in [1.807, 2.05) is 18.2 Å². The van der Waals surface area contributed by atoms with E-state index in [9.17, 15) is 4.79 Å². The Kier molecular flexibility index (Phi) is 2.75. The van der Waals surface area contributed by atoms with Crippen LogP contribution in [0.15, 0.2) is 18.2 Å². The number of carbonyl (C=O) groups excluding carboxylic acids is 1. The highest BCUT2D eigenvalue weighted by atomic mass is 16.5. The van der Waals surface area contributed by atoms with Gasteiger partial charge in [0.05, 0.1) is 7.11 Å². The first-order valence-electron chi connectivity index (χ1n) is 5.83. The summed E-state index contributed by atoms with van der Waals surface area (Å²) < 4.78 is 5.32. The van der Waals surface area contributed by atoms with Crippen LogP contribution in [0, 0.1) is 5.41 Å². The van der Waals surface area contributed by atoms with Crippen LogP contribution < -0.4 is 4.74 Å². The van der Waals surface area contributed by atoms with Crippen molar-refractivity contribution >= 4 is 5.78 Å². The lowest BCUT2D eigenvalue weighted by Crippen LogP contribution is -2.23. The molecule has 0 N–H and O–H groups in total. The first-order chi connectivity index (χ1) is 7.62. The fourth-order valence-corrected chi connectivity index (χ4v) is 2.70. The van der Waals surface area contributed by atoms with Crippen LogP contribution in [0.2, 0.25) is 0 Å². The second-order valence-electron chi connectivity index (χ2n) is 4.80. The number of ether oxygens (including phenoxy) is 1. The Morgan fingerprint density at radius 1 is 1.44 bits per heavy atom. The quantitative estimate of drug-likeness (QED) is 0.778. The third-order valence-corrected chi connectivity index (χ3v) is 3.51. The van der Waals surface area contributed by atoms with Crippen molar-refractivity contribution in [1.29, 1.82) is 0 Å². The van der Waals surface area contributed by atoms with Crippen molar-refractivity contribution in [2.75, 3.05) is 7.11 Å². The van der Waals surface area contributed by atoms with Crippen molar-refractivity contribution in [2.24, 2.45) is 5.41 Å². The SMILES string of the molecule is CCC[C@]1(C)Cc2c(OC)cccc2C1=O. The maximum atomic E-state index is 12.3. The first-order valence-corrected chi connectivity index (χ1v) is 5.83. The van der Waals surface area contributed by atoms with Crippen LogP contribution >= 0.6 is 0 Å². The number of methoxy groups -OCH3 is 1. The molecular formula is C14H18O2. The van der Waals surface area contributed by atoms with E-state index in [1.54, 1.807) is 7.11 Å². The van der Waals surface area contributed by atoms with Crippen molar-refractivity contribution in [3.05, 3.63) is 29.3 Å². The Morgan fingerprint density at radius 3 is 2.81 bits per heavy atom. The van der Waals surface area contributed by atoms with Crippen LogP contribution in [0.5, 0.6) is 5.75 Å². The fourth-order valence-electron chi connectivity index (χ4n) is 2.70. The molecule has 1 aromatic rings. The van der Waals surface area contributed by atoms with E-state index in [1.165, 1.54) is 0 Å². The topological polar surface area (TPSA) is 26.3 Å². The lowest BCUT2D eigenvalue weighted by molar-refractivity contribution is 0.0829. The van der Waals surface area contributed by atoms with Crippen LogP contribution in [-0.4, -0.2) is 12.9 Å². The molecule has 0 bridgehead atoms. The van der Waals surface area contributed by atoms with Crippen LogP contribution in [0.25, 0.3) is 0 Å². The third-order valence-electron chi connectivity index (χ3n) is 3.51. The van der Waals surface area contributed by atoms with Gasteiger partial charge in [0.2, 0.25) is 0 Å². The van der Waals surface area contributed by atoms with E-state index in [4.69, 9.17) is 4.74 Å². The number of benzene rings is 1. The number of rotatable bonds is 3. The fraction of sp³-hybridized carbons (Fsp3) is 0.500. The van der Waals surface area contributed by atoms with Gasteiger partial charge in [-0.2, -0.15) is 0 Å². The Morgan fingerprint density at radius 2 is 2.19 bits per heavy atom. The average Bonchev–Trinajstić information content (AvgIpc) is 2.52. The zero-order valence-electron chi connectivity index (χ0n) is 10.2. The van der Waals surface area contributed by atoms with Crippen molar-refractivity contribution < 1.29 is 9.53 Å². The summed E-state index contributed by atoms with van der Waals surface area (Å²) in [5.41, 5.74) is 1.73. The minimum Gasteiger partial charge on any atom is -0.496 e. The summed E-state index contributed by atoms with van der Waals surface area (Å²) in [5, 5.41) is 0. The number of carbonyl (C=O) groups is 1. The van der Waals surface area contributed by atoms with Crippen LogP contribution in [-0.2, 0) is 6.42 Å². The minimum absolute atomic E-state index is 0.217. The molecule has 0 heterocycles. The van der Waals surface area contributed by atoms with Gasteiger partial charge in [-0.1, -0.05) is 32.4 Å². The molecule has 0 radical (unpaired) electrons. The molecule has 16 heavy (non-hydrogen) atoms. The lowest BCUT2D eigenvalue weighted by atomic mass is 9.82. The van der Waals surface area contributed by atoms with Crippen molar-refractivity contribution in [3.8, 4) is 5.75 Å². The van der Waals surface area contributed by atoms with Gasteiger partial charge in [-0.25, -0.2) is 0 Å². The standard InChI is InChI=1S/C14H18O2/c1-4-8-14(2)9-11-10(13(14)15)6-5-7-12(11)16-3/h5-7H,4,8-9H2,1-3H3/t14-/m1/s1. The molecule has 1 aliphatic rings. The predicted octanol–water partition coefficient (Wildman–Crippen LogP) is 3.24. The van der Waals surface area contributed by atoms with E-state index in [0.29, 0.717) is 0 Å². The second kappa shape index (κ2) is 3.93. The Labute approximate surface area is 96.6 Å². The highest BCUT2D eigenvalue weighted by molar-refractivity contribution is 6.05. The van der Waals surface area contributed by atoms with Crippen molar-refractivity contribution in [3.63, 3.8) is 0 Å². The molecule has 1 aliphatic carbocycles. The van der Waals surface area contributed by atoms with Gasteiger partial charge in [-0.3, -0.25) is 4.79 Å². The van der Waals surface area contributed by atoms with E-state index in [-0.39, 0.29) is 11.2 Å². The lowest BCUT2D eigenvalue weighted by Gasteiger charge is -2.20. The Balaban J connectivity index is 2.45. The van der Waals surface area contributed by atoms with E-state index >= 15 is 0 Å². The average molecular weight is 218 g/mol. The molecule has 0 aliphatic heterocycles. The highest BCUT2D eigenvalue weighted by Gasteiger charge is 2.41. The summed E-state index contributed by atoms with van der Waals surface area (Å²) in [6, 6.07) is 5.75. The van der Waals surface area contributed by atoms with Crippen molar-refractivity contribution in [1.82, 2.24) is 0 Å². The molecule has 0 spiro atoms. The van der Waals surface area contributed by atoms with Gasteiger partial charge in [0.1, 0.15) is 5.75 Å². The number of Topliss-reactive ketones (excluding diaryl/α,β-unsaturated/α-hetero) is 1. The molecule has 0 fully saturated rings. The largest absolute Gasteiger partial charge is 0.496 e. The number of fused-ring (bicyclic) bond motifs is 1. The first kappa shape index (κ1) is 11.2. The molecule has 0 aromatic heterocycles. The molecule has 86 valence electrons. The molecule has 1 aromatic carbocycles. The summed E-state index contributed by atoms with van der Waals surface area (Å²) >= 11 is 0.